The quantitative estimate of drug-likeness (QED) is 0.742. The van der Waals surface area contributed by atoms with Gasteiger partial charge < -0.3 is 9.88 Å². The number of carbonyl (C=O) groups is 1. The highest BCUT2D eigenvalue weighted by atomic mass is 32.2. The SMILES string of the molecule is CCC(c1nnc(SCC(=O)NC)n1Cc1ccccc1)N(C)C. The summed E-state index contributed by atoms with van der Waals surface area (Å²) in [6.07, 6.45) is 0.944. The first-order valence-corrected chi connectivity index (χ1v) is 9.02. The molecule has 6 nitrogen and oxygen atoms in total. The Morgan fingerprint density at radius 2 is 2.00 bits per heavy atom. The molecular weight excluding hydrogens is 322 g/mol. The predicted octanol–water partition coefficient (Wildman–Crippen LogP) is 2.18. The first-order chi connectivity index (χ1) is 11.6. The molecule has 24 heavy (non-hydrogen) atoms. The summed E-state index contributed by atoms with van der Waals surface area (Å²) in [5.74, 6) is 1.25. The lowest BCUT2D eigenvalue weighted by Gasteiger charge is -2.23. The van der Waals surface area contributed by atoms with E-state index in [-0.39, 0.29) is 11.9 Å². The summed E-state index contributed by atoms with van der Waals surface area (Å²) in [6, 6.07) is 10.4. The highest BCUT2D eigenvalue weighted by Crippen LogP contribution is 2.26. The van der Waals surface area contributed by atoms with Crippen molar-refractivity contribution in [2.75, 3.05) is 26.9 Å². The molecule has 2 aromatic rings. The number of aromatic nitrogens is 3. The molecule has 0 aliphatic heterocycles. The molecule has 1 N–H and O–H groups in total. The van der Waals surface area contributed by atoms with Crippen LogP contribution in [0.2, 0.25) is 0 Å². The number of benzene rings is 1. The molecule has 130 valence electrons. The van der Waals surface area contributed by atoms with Crippen LogP contribution in [0.3, 0.4) is 0 Å². The van der Waals surface area contributed by atoms with Gasteiger partial charge in [-0.2, -0.15) is 0 Å². The number of nitrogens with one attached hydrogen (secondary N) is 1. The number of hydrogen-bond donors (Lipinski definition) is 1. The fraction of sp³-hybridized carbons (Fsp3) is 0.471. The molecule has 1 heterocycles. The van der Waals surface area contributed by atoms with E-state index in [1.54, 1.807) is 7.05 Å². The third-order valence-electron chi connectivity index (χ3n) is 3.85. The van der Waals surface area contributed by atoms with Crippen molar-refractivity contribution in [1.82, 2.24) is 25.0 Å². The smallest absolute Gasteiger partial charge is 0.230 e. The number of amides is 1. The molecule has 1 amide bonds. The molecule has 0 radical (unpaired) electrons. The molecule has 7 heteroatoms. The van der Waals surface area contributed by atoms with Crippen LogP contribution >= 0.6 is 11.8 Å². The second-order valence-corrected chi connectivity index (χ2v) is 6.70. The zero-order valence-electron chi connectivity index (χ0n) is 14.7. The molecule has 0 aliphatic rings. The largest absolute Gasteiger partial charge is 0.358 e. The van der Waals surface area contributed by atoms with Crippen molar-refractivity contribution in [3.05, 3.63) is 41.7 Å². The van der Waals surface area contributed by atoms with Gasteiger partial charge in [0.1, 0.15) is 0 Å². The van der Waals surface area contributed by atoms with Crippen molar-refractivity contribution in [2.24, 2.45) is 0 Å². The molecule has 1 aromatic heterocycles. The molecule has 1 unspecified atom stereocenters. The van der Waals surface area contributed by atoms with E-state index in [4.69, 9.17) is 0 Å². The number of carbonyl (C=O) groups excluding carboxylic acids is 1. The average molecular weight is 347 g/mol. The number of nitrogens with zero attached hydrogens (tertiary/aromatic N) is 4. The number of thioether (sulfide) groups is 1. The molecule has 0 bridgehead atoms. The molecule has 0 aliphatic carbocycles. The fourth-order valence-electron chi connectivity index (χ4n) is 2.55. The summed E-state index contributed by atoms with van der Waals surface area (Å²) in [6.45, 7) is 2.84. The van der Waals surface area contributed by atoms with Gasteiger partial charge in [0.2, 0.25) is 5.91 Å². The Bertz CT molecular complexity index is 656. The molecule has 0 fully saturated rings. The van der Waals surface area contributed by atoms with Crippen LogP contribution in [0, 0.1) is 0 Å². The average Bonchev–Trinajstić information content (AvgIpc) is 2.96. The van der Waals surface area contributed by atoms with Gasteiger partial charge in [-0.25, -0.2) is 0 Å². The Hall–Kier alpha value is -1.86. The van der Waals surface area contributed by atoms with Crippen LogP contribution in [0.15, 0.2) is 35.5 Å². The van der Waals surface area contributed by atoms with Gasteiger partial charge in [-0.15, -0.1) is 10.2 Å². The summed E-state index contributed by atoms with van der Waals surface area (Å²) in [4.78, 5) is 13.7. The fourth-order valence-corrected chi connectivity index (χ4v) is 3.37. The Morgan fingerprint density at radius 3 is 2.58 bits per heavy atom. The minimum Gasteiger partial charge on any atom is -0.358 e. The third kappa shape index (κ3) is 4.58. The minimum atomic E-state index is -0.0181. The van der Waals surface area contributed by atoms with Crippen molar-refractivity contribution in [3.63, 3.8) is 0 Å². The van der Waals surface area contributed by atoms with Crippen LogP contribution in [0.25, 0.3) is 0 Å². The van der Waals surface area contributed by atoms with Gasteiger partial charge in [-0.3, -0.25) is 9.69 Å². The molecular formula is C17H25N5OS. The zero-order valence-corrected chi connectivity index (χ0v) is 15.5. The van der Waals surface area contributed by atoms with Crippen LogP contribution in [0.4, 0.5) is 0 Å². The van der Waals surface area contributed by atoms with Crippen LogP contribution in [-0.4, -0.2) is 52.5 Å². The van der Waals surface area contributed by atoms with E-state index < -0.39 is 0 Å². The van der Waals surface area contributed by atoms with Crippen LogP contribution in [-0.2, 0) is 11.3 Å². The van der Waals surface area contributed by atoms with Gasteiger partial charge in [0.25, 0.3) is 0 Å². The van der Waals surface area contributed by atoms with Crippen molar-refractivity contribution in [3.8, 4) is 0 Å². The van der Waals surface area contributed by atoms with E-state index in [2.05, 4.69) is 44.0 Å². The Kier molecular flexibility index (Phi) is 6.81. The zero-order chi connectivity index (χ0) is 17.5. The summed E-state index contributed by atoms with van der Waals surface area (Å²) in [5, 5.41) is 12.2. The molecule has 1 atom stereocenters. The van der Waals surface area contributed by atoms with E-state index in [0.717, 1.165) is 17.4 Å². The minimum absolute atomic E-state index is 0.0181. The van der Waals surface area contributed by atoms with Crippen LogP contribution < -0.4 is 5.32 Å². The second kappa shape index (κ2) is 8.84. The Labute approximate surface area is 147 Å². The highest BCUT2D eigenvalue weighted by molar-refractivity contribution is 7.99. The third-order valence-corrected chi connectivity index (χ3v) is 4.82. The van der Waals surface area contributed by atoms with Gasteiger partial charge in [0.15, 0.2) is 11.0 Å². The van der Waals surface area contributed by atoms with Gasteiger partial charge in [0.05, 0.1) is 18.3 Å². The molecule has 0 saturated heterocycles. The van der Waals surface area contributed by atoms with Crippen molar-refractivity contribution < 1.29 is 4.79 Å². The Morgan fingerprint density at radius 1 is 1.29 bits per heavy atom. The summed E-state index contributed by atoms with van der Waals surface area (Å²) >= 11 is 1.42. The molecule has 0 spiro atoms. The van der Waals surface area contributed by atoms with Crippen LogP contribution in [0.5, 0.6) is 0 Å². The normalized spacial score (nSPS) is 12.4. The van der Waals surface area contributed by atoms with Crippen molar-refractivity contribution in [1.29, 1.82) is 0 Å². The predicted molar refractivity (Wildman–Crippen MR) is 97.1 cm³/mol. The van der Waals surface area contributed by atoms with Gasteiger partial charge in [-0.1, -0.05) is 49.0 Å². The highest BCUT2D eigenvalue weighted by Gasteiger charge is 2.22. The lowest BCUT2D eigenvalue weighted by molar-refractivity contribution is -0.118. The summed E-state index contributed by atoms with van der Waals surface area (Å²) in [7, 11) is 5.74. The number of rotatable bonds is 8. The van der Waals surface area contributed by atoms with E-state index >= 15 is 0 Å². The van der Waals surface area contributed by atoms with E-state index in [0.29, 0.717) is 12.3 Å². The lowest BCUT2D eigenvalue weighted by Crippen LogP contribution is -2.24. The number of hydrogen-bond acceptors (Lipinski definition) is 5. The lowest BCUT2D eigenvalue weighted by atomic mass is 10.2. The summed E-state index contributed by atoms with van der Waals surface area (Å²) < 4.78 is 2.12. The maximum Gasteiger partial charge on any atom is 0.230 e. The first-order valence-electron chi connectivity index (χ1n) is 8.03. The first kappa shape index (κ1) is 18.5. The standard InChI is InChI=1S/C17H25N5OS/c1-5-14(21(3)4)16-19-20-17(24-12-15(23)18-2)22(16)11-13-9-7-6-8-10-13/h6-10,14H,5,11-12H2,1-4H3,(H,18,23). The molecule has 2 rings (SSSR count). The van der Waals surface area contributed by atoms with Crippen LogP contribution in [0.1, 0.15) is 30.8 Å². The topological polar surface area (TPSA) is 63.1 Å². The van der Waals surface area contributed by atoms with Crippen molar-refractivity contribution in [2.45, 2.75) is 31.1 Å². The summed E-state index contributed by atoms with van der Waals surface area (Å²) in [5.41, 5.74) is 1.19. The molecule has 1 aromatic carbocycles. The van der Waals surface area contributed by atoms with Crippen molar-refractivity contribution >= 4 is 17.7 Å². The maximum absolute atomic E-state index is 11.6. The van der Waals surface area contributed by atoms with Gasteiger partial charge in [-0.05, 0) is 26.1 Å². The second-order valence-electron chi connectivity index (χ2n) is 5.76. The van der Waals surface area contributed by atoms with Gasteiger partial charge >= 0.3 is 0 Å². The van der Waals surface area contributed by atoms with E-state index in [9.17, 15) is 4.79 Å². The Balaban J connectivity index is 2.33. The van der Waals surface area contributed by atoms with E-state index in [1.807, 2.05) is 32.3 Å². The molecule has 0 saturated carbocycles. The monoisotopic (exact) mass is 347 g/mol. The maximum atomic E-state index is 11.6. The van der Waals surface area contributed by atoms with E-state index in [1.165, 1.54) is 17.3 Å². The van der Waals surface area contributed by atoms with Gasteiger partial charge in [0, 0.05) is 7.05 Å².